The van der Waals surface area contributed by atoms with Gasteiger partial charge < -0.3 is 9.47 Å². The lowest BCUT2D eigenvalue weighted by atomic mass is 10.2. The Bertz CT molecular complexity index is 978. The molecule has 1 aromatic heterocycles. The molecule has 1 atom stereocenters. The molecule has 1 heterocycles. The molecule has 2 rings (SSSR count). The Morgan fingerprint density at radius 1 is 1.23 bits per heavy atom. The number of esters is 1. The molecule has 0 saturated carbocycles. The largest absolute Gasteiger partial charge is 0.497 e. The average molecular weight is 475 g/mol. The Labute approximate surface area is 183 Å². The molecule has 0 unspecified atom stereocenters. The van der Waals surface area contributed by atoms with Crippen molar-refractivity contribution < 1.29 is 27.5 Å². The topological polar surface area (TPSA) is 128 Å². The first-order valence-corrected chi connectivity index (χ1v) is 12.3. The van der Waals surface area contributed by atoms with Gasteiger partial charge in [-0.3, -0.25) is 19.2 Å². The highest BCUT2D eigenvalue weighted by Crippen LogP contribution is 2.28. The third-order valence-corrected chi connectivity index (χ3v) is 6.96. The molecule has 13 heteroatoms. The summed E-state index contributed by atoms with van der Waals surface area (Å²) in [7, 11) is -0.966. The van der Waals surface area contributed by atoms with Crippen LogP contribution in [0.15, 0.2) is 28.6 Å². The Balaban J connectivity index is 2.19. The quantitative estimate of drug-likeness (QED) is 0.312. The van der Waals surface area contributed by atoms with Crippen molar-refractivity contribution in [2.24, 2.45) is 0 Å². The third kappa shape index (κ3) is 6.31. The van der Waals surface area contributed by atoms with Crippen molar-refractivity contribution in [1.82, 2.24) is 10.2 Å². The van der Waals surface area contributed by atoms with Gasteiger partial charge in [0.05, 0.1) is 31.9 Å². The molecule has 0 spiro atoms. The Morgan fingerprint density at radius 2 is 1.90 bits per heavy atom. The van der Waals surface area contributed by atoms with Gasteiger partial charge in [0.1, 0.15) is 11.8 Å². The van der Waals surface area contributed by atoms with Crippen LogP contribution in [0.1, 0.15) is 13.3 Å². The van der Waals surface area contributed by atoms with Crippen LogP contribution in [0, 0.1) is 0 Å². The summed E-state index contributed by atoms with van der Waals surface area (Å²) >= 11 is 2.21. The molecule has 1 amide bonds. The van der Waals surface area contributed by atoms with Gasteiger partial charge in [0.2, 0.25) is 21.1 Å². The van der Waals surface area contributed by atoms with Crippen LogP contribution < -0.4 is 14.4 Å². The molecule has 0 saturated heterocycles. The number of methoxy groups -OCH3 is 2. The number of amides is 1. The lowest BCUT2D eigenvalue weighted by Gasteiger charge is -2.29. The van der Waals surface area contributed by atoms with Crippen LogP contribution in [-0.4, -0.2) is 62.8 Å². The number of anilines is 2. The van der Waals surface area contributed by atoms with Crippen LogP contribution >= 0.6 is 23.1 Å². The first-order valence-electron chi connectivity index (χ1n) is 8.67. The Hall–Kier alpha value is -2.38. The zero-order valence-electron chi connectivity index (χ0n) is 16.8. The summed E-state index contributed by atoms with van der Waals surface area (Å²) in [6.07, 6.45) is 1.27. The van der Waals surface area contributed by atoms with Crippen LogP contribution in [-0.2, 0) is 24.3 Å². The van der Waals surface area contributed by atoms with E-state index in [0.717, 1.165) is 33.7 Å². The summed E-state index contributed by atoms with van der Waals surface area (Å²) in [5.74, 6) is -0.319. The van der Waals surface area contributed by atoms with Crippen LogP contribution in [0.4, 0.5) is 10.8 Å². The molecular formula is C17H22N4O6S3. The highest BCUT2D eigenvalue weighted by Gasteiger charge is 2.32. The molecule has 10 nitrogen and oxygen atoms in total. The zero-order valence-corrected chi connectivity index (χ0v) is 19.3. The number of hydrogen-bond acceptors (Lipinski definition) is 10. The summed E-state index contributed by atoms with van der Waals surface area (Å²) in [5, 5.41) is 10.6. The smallest absolute Gasteiger partial charge is 0.316 e. The minimum atomic E-state index is -3.76. The summed E-state index contributed by atoms with van der Waals surface area (Å²) < 4.78 is 36.1. The molecule has 1 N–H and O–H groups in total. The normalized spacial score (nSPS) is 12.1. The minimum absolute atomic E-state index is 0.0655. The number of carbonyl (C=O) groups excluding carboxylic acids is 2. The van der Waals surface area contributed by atoms with Crippen molar-refractivity contribution in [3.63, 3.8) is 0 Å². The van der Waals surface area contributed by atoms with E-state index in [4.69, 9.17) is 4.74 Å². The Kier molecular flexibility index (Phi) is 8.43. The molecule has 0 aliphatic heterocycles. The molecule has 0 aliphatic rings. The number of thioether (sulfide) groups is 1. The van der Waals surface area contributed by atoms with E-state index in [1.807, 2.05) is 0 Å². The van der Waals surface area contributed by atoms with E-state index in [2.05, 4.69) is 20.3 Å². The maximum absolute atomic E-state index is 12.9. The summed E-state index contributed by atoms with van der Waals surface area (Å²) in [6.45, 7) is 1.71. The molecule has 30 heavy (non-hydrogen) atoms. The summed E-state index contributed by atoms with van der Waals surface area (Å²) in [4.78, 5) is 24.1. The van der Waals surface area contributed by atoms with Crippen molar-refractivity contribution in [1.29, 1.82) is 0 Å². The number of aromatic nitrogens is 2. The predicted octanol–water partition coefficient (Wildman–Crippen LogP) is 2.00. The number of ether oxygens (including phenoxy) is 2. The van der Waals surface area contributed by atoms with Crippen LogP contribution in [0.2, 0.25) is 0 Å². The van der Waals surface area contributed by atoms with Crippen LogP contribution in [0.25, 0.3) is 0 Å². The van der Waals surface area contributed by atoms with E-state index in [9.17, 15) is 18.0 Å². The second-order valence-corrected chi connectivity index (χ2v) is 9.97. The van der Waals surface area contributed by atoms with E-state index in [1.165, 1.54) is 14.2 Å². The molecule has 164 valence electrons. The maximum atomic E-state index is 12.9. The molecule has 2 aromatic rings. The van der Waals surface area contributed by atoms with Crippen LogP contribution in [0.5, 0.6) is 5.75 Å². The Morgan fingerprint density at radius 3 is 2.43 bits per heavy atom. The number of benzene rings is 1. The fourth-order valence-electron chi connectivity index (χ4n) is 2.48. The van der Waals surface area contributed by atoms with Crippen molar-refractivity contribution in [3.8, 4) is 5.75 Å². The van der Waals surface area contributed by atoms with Crippen molar-refractivity contribution in [3.05, 3.63) is 24.3 Å². The lowest BCUT2D eigenvalue weighted by molar-refractivity contribution is -0.137. The highest BCUT2D eigenvalue weighted by molar-refractivity contribution is 8.01. The van der Waals surface area contributed by atoms with Gasteiger partial charge in [-0.25, -0.2) is 8.42 Å². The minimum Gasteiger partial charge on any atom is -0.497 e. The monoisotopic (exact) mass is 474 g/mol. The summed E-state index contributed by atoms with van der Waals surface area (Å²) in [6, 6.07) is 5.38. The number of hydrogen-bond donors (Lipinski definition) is 1. The van der Waals surface area contributed by atoms with E-state index in [-0.39, 0.29) is 17.3 Å². The highest BCUT2D eigenvalue weighted by atomic mass is 32.2. The standard InChI is InChI=1S/C17H22N4O6S3/c1-5-13(21(30(4,24)25)11-6-8-12(26-2)9-7-11)15(23)18-16-19-20-17(29-16)28-10-14(22)27-3/h6-9,13H,5,10H2,1-4H3,(H,18,19,23)/t13-/m1/s1. The SMILES string of the molecule is CC[C@H](C(=O)Nc1nnc(SCC(=O)OC)s1)N(c1ccc(OC)cc1)S(C)(=O)=O. The molecule has 0 bridgehead atoms. The molecule has 1 aromatic carbocycles. The molecule has 0 radical (unpaired) electrons. The van der Waals surface area contributed by atoms with Crippen molar-refractivity contribution >= 4 is 55.8 Å². The maximum Gasteiger partial charge on any atom is 0.316 e. The number of nitrogens with one attached hydrogen (secondary N) is 1. The zero-order chi connectivity index (χ0) is 22.3. The van der Waals surface area contributed by atoms with Crippen molar-refractivity contribution in [2.45, 2.75) is 23.7 Å². The van der Waals surface area contributed by atoms with Gasteiger partial charge >= 0.3 is 5.97 Å². The second-order valence-electron chi connectivity index (χ2n) is 5.91. The first kappa shape index (κ1) is 23.9. The number of carbonyl (C=O) groups is 2. The van der Waals surface area contributed by atoms with Gasteiger partial charge in [0.25, 0.3) is 0 Å². The fraction of sp³-hybridized carbons (Fsp3) is 0.412. The summed E-state index contributed by atoms with van der Waals surface area (Å²) in [5.41, 5.74) is 0.340. The van der Waals surface area contributed by atoms with Crippen molar-refractivity contribution in [2.75, 3.05) is 35.9 Å². The van der Waals surface area contributed by atoms with Gasteiger partial charge in [-0.05, 0) is 30.7 Å². The van der Waals surface area contributed by atoms with Gasteiger partial charge in [-0.15, -0.1) is 10.2 Å². The van der Waals surface area contributed by atoms with Gasteiger partial charge in [-0.1, -0.05) is 30.0 Å². The molecule has 0 aliphatic carbocycles. The third-order valence-electron chi connectivity index (χ3n) is 3.83. The lowest BCUT2D eigenvalue weighted by Crippen LogP contribution is -2.46. The van der Waals surface area contributed by atoms with E-state index in [1.54, 1.807) is 31.2 Å². The number of sulfonamides is 1. The van der Waals surface area contributed by atoms with Crippen LogP contribution in [0.3, 0.4) is 0 Å². The first-order chi connectivity index (χ1) is 14.2. The predicted molar refractivity (Wildman–Crippen MR) is 116 cm³/mol. The van der Waals surface area contributed by atoms with Gasteiger partial charge in [-0.2, -0.15) is 0 Å². The molecule has 0 fully saturated rings. The van der Waals surface area contributed by atoms with Gasteiger partial charge in [0.15, 0.2) is 4.34 Å². The molecular weight excluding hydrogens is 452 g/mol. The number of nitrogens with zero attached hydrogens (tertiary/aromatic N) is 3. The van der Waals surface area contributed by atoms with Gasteiger partial charge in [0, 0.05) is 0 Å². The second kappa shape index (κ2) is 10.6. The van der Waals surface area contributed by atoms with E-state index >= 15 is 0 Å². The fourth-order valence-corrected chi connectivity index (χ4v) is 5.28. The van der Waals surface area contributed by atoms with E-state index < -0.39 is 27.9 Å². The van der Waals surface area contributed by atoms with E-state index in [0.29, 0.717) is 15.8 Å². The number of rotatable bonds is 10. The average Bonchev–Trinajstić information content (AvgIpc) is 3.16.